The zero-order valence-corrected chi connectivity index (χ0v) is 22.9. The van der Waals surface area contributed by atoms with E-state index < -0.39 is 41.2 Å². The average Bonchev–Trinajstić information content (AvgIpc) is 2.80. The highest BCUT2D eigenvalue weighted by Gasteiger charge is 2.34. The number of pyridine rings is 1. The highest BCUT2D eigenvalue weighted by atomic mass is 19.1. The Morgan fingerprint density at radius 1 is 0.949 bits per heavy atom. The monoisotopic (exact) mass is 541 g/mol. The fourth-order valence-corrected chi connectivity index (χ4v) is 3.60. The zero-order chi connectivity index (χ0) is 29.1. The molecule has 2 aromatic carbocycles. The van der Waals surface area contributed by atoms with Gasteiger partial charge in [-0.2, -0.15) is 4.90 Å². The van der Waals surface area contributed by atoms with Crippen LogP contribution in [-0.2, 0) is 14.3 Å². The van der Waals surface area contributed by atoms with Gasteiger partial charge in [-0.3, -0.25) is 0 Å². The summed E-state index contributed by atoms with van der Waals surface area (Å²) >= 11 is 0. The second kappa shape index (κ2) is 11.1. The van der Waals surface area contributed by atoms with Gasteiger partial charge in [-0.1, -0.05) is 6.07 Å². The minimum atomic E-state index is -1.22. The van der Waals surface area contributed by atoms with Crippen LogP contribution in [0.5, 0.6) is 5.75 Å². The van der Waals surface area contributed by atoms with Gasteiger partial charge in [0.1, 0.15) is 11.2 Å². The van der Waals surface area contributed by atoms with Crippen molar-refractivity contribution in [2.45, 2.75) is 58.8 Å². The van der Waals surface area contributed by atoms with Gasteiger partial charge in [0, 0.05) is 17.3 Å². The molecule has 1 heterocycles. The molecule has 2 N–H and O–H groups in total. The van der Waals surface area contributed by atoms with Crippen molar-refractivity contribution >= 4 is 40.4 Å². The number of aromatic nitrogens is 1. The predicted molar refractivity (Wildman–Crippen MR) is 144 cm³/mol. The van der Waals surface area contributed by atoms with Crippen molar-refractivity contribution in [3.8, 4) is 5.75 Å². The lowest BCUT2D eigenvalue weighted by molar-refractivity contribution is -0.138. The molecule has 208 valence electrons. The summed E-state index contributed by atoms with van der Waals surface area (Å²) in [5.41, 5.74) is -1.10. The molecule has 10 nitrogen and oxygen atoms in total. The lowest BCUT2D eigenvalue weighted by atomic mass is 10.0. The first-order valence-corrected chi connectivity index (χ1v) is 12.1. The number of fused-ring (bicyclic) bond motifs is 1. The molecule has 3 aromatic rings. The highest BCUT2D eigenvalue weighted by molar-refractivity contribution is 6.14. The predicted octanol–water partition coefficient (Wildman–Crippen LogP) is 6.30. The smallest absolute Gasteiger partial charge is 0.425 e. The molecular weight excluding hydrogens is 509 g/mol. The van der Waals surface area contributed by atoms with E-state index in [4.69, 9.17) is 14.2 Å². The second-order valence-corrected chi connectivity index (χ2v) is 10.7. The van der Waals surface area contributed by atoms with Crippen molar-refractivity contribution in [1.82, 2.24) is 4.98 Å². The van der Waals surface area contributed by atoms with E-state index in [2.05, 4.69) is 10.3 Å². The molecule has 1 atom stereocenters. The lowest BCUT2D eigenvalue weighted by Crippen LogP contribution is -2.44. The topological polar surface area (TPSA) is 127 Å². The van der Waals surface area contributed by atoms with Crippen LogP contribution in [0.1, 0.15) is 53.1 Å². The average molecular weight is 542 g/mol. The number of hydrogen-bond acceptors (Lipinski definition) is 8. The van der Waals surface area contributed by atoms with Crippen molar-refractivity contribution in [2.75, 3.05) is 17.3 Å². The standard InChI is InChI=1S/C28H32FN3O7/c1-27(2,3)38-25(35)32(26(36)39-28(4,5)6)23-19-10-9-18(14-16(19)12-13-30-23)31-22(24(33)34)17-8-11-20(29)21(15-17)37-7/h8-15,22,31H,1-7H3,(H,33,34). The Hall–Kier alpha value is -4.41. The number of carboxylic acids is 1. The van der Waals surface area contributed by atoms with E-state index in [0.29, 0.717) is 16.5 Å². The van der Waals surface area contributed by atoms with E-state index >= 15 is 0 Å². The number of nitrogens with one attached hydrogen (secondary N) is 1. The Morgan fingerprint density at radius 2 is 1.56 bits per heavy atom. The molecule has 0 aliphatic rings. The van der Waals surface area contributed by atoms with Crippen LogP contribution in [0.3, 0.4) is 0 Å². The van der Waals surface area contributed by atoms with Gasteiger partial charge < -0.3 is 24.6 Å². The number of carbonyl (C=O) groups is 3. The molecule has 0 radical (unpaired) electrons. The SMILES string of the molecule is COc1cc(C(Nc2ccc3c(N(C(=O)OC(C)(C)C)C(=O)OC(C)(C)C)nccc3c2)C(=O)O)ccc1F. The summed E-state index contributed by atoms with van der Waals surface area (Å²) in [4.78, 5) is 43.3. The van der Waals surface area contributed by atoms with Gasteiger partial charge in [0.05, 0.1) is 7.11 Å². The summed E-state index contributed by atoms with van der Waals surface area (Å²) in [6, 6.07) is 9.02. The van der Waals surface area contributed by atoms with E-state index in [1.165, 1.54) is 25.4 Å². The summed E-state index contributed by atoms with van der Waals surface area (Å²) in [6.07, 6.45) is -0.520. The van der Waals surface area contributed by atoms with Gasteiger partial charge in [0.15, 0.2) is 23.4 Å². The van der Waals surface area contributed by atoms with Crippen LogP contribution in [0.25, 0.3) is 10.8 Å². The normalized spacial score (nSPS) is 12.4. The molecule has 0 spiro atoms. The van der Waals surface area contributed by atoms with Crippen molar-refractivity contribution in [3.63, 3.8) is 0 Å². The summed E-state index contributed by atoms with van der Waals surface area (Å²) in [7, 11) is 1.29. The van der Waals surface area contributed by atoms with Gasteiger partial charge in [-0.15, -0.1) is 0 Å². The number of amides is 2. The quantitative estimate of drug-likeness (QED) is 0.370. The number of methoxy groups -OCH3 is 1. The van der Waals surface area contributed by atoms with Crippen molar-refractivity contribution in [1.29, 1.82) is 0 Å². The zero-order valence-electron chi connectivity index (χ0n) is 22.9. The Morgan fingerprint density at radius 3 is 2.10 bits per heavy atom. The lowest BCUT2D eigenvalue weighted by Gasteiger charge is -2.28. The van der Waals surface area contributed by atoms with Gasteiger partial charge in [-0.05, 0) is 88.9 Å². The minimum absolute atomic E-state index is 0.0133. The van der Waals surface area contributed by atoms with Gasteiger partial charge >= 0.3 is 18.2 Å². The minimum Gasteiger partial charge on any atom is -0.494 e. The molecule has 1 aromatic heterocycles. The van der Waals surface area contributed by atoms with E-state index in [0.717, 1.165) is 11.0 Å². The fraction of sp³-hybridized carbons (Fsp3) is 0.357. The summed E-state index contributed by atoms with van der Waals surface area (Å²) in [5.74, 6) is -1.91. The van der Waals surface area contributed by atoms with Crippen LogP contribution in [-0.4, -0.2) is 46.6 Å². The van der Waals surface area contributed by atoms with Crippen LogP contribution in [0.4, 0.5) is 25.5 Å². The van der Waals surface area contributed by atoms with Crippen LogP contribution in [0.15, 0.2) is 48.7 Å². The number of benzene rings is 2. The second-order valence-electron chi connectivity index (χ2n) is 10.7. The summed E-state index contributed by atoms with van der Waals surface area (Å²) in [6.45, 7) is 10.0. The van der Waals surface area contributed by atoms with Crippen LogP contribution < -0.4 is 15.0 Å². The number of imide groups is 1. The number of hydrogen-bond donors (Lipinski definition) is 2. The maximum atomic E-state index is 13.9. The maximum absolute atomic E-state index is 13.9. The molecule has 0 aliphatic heterocycles. The molecule has 0 aliphatic carbocycles. The maximum Gasteiger partial charge on any atom is 0.425 e. The Labute approximate surface area is 225 Å². The number of rotatable bonds is 6. The molecule has 39 heavy (non-hydrogen) atoms. The van der Waals surface area contributed by atoms with Gasteiger partial charge in [0.2, 0.25) is 0 Å². The first kappa shape index (κ1) is 29.2. The summed E-state index contributed by atoms with van der Waals surface area (Å²) in [5, 5.41) is 13.7. The highest BCUT2D eigenvalue weighted by Crippen LogP contribution is 2.31. The number of nitrogens with zero attached hydrogens (tertiary/aromatic N) is 2. The largest absolute Gasteiger partial charge is 0.494 e. The van der Waals surface area contributed by atoms with Crippen LogP contribution in [0.2, 0.25) is 0 Å². The molecule has 0 saturated carbocycles. The Kier molecular flexibility index (Phi) is 8.33. The van der Waals surface area contributed by atoms with Gasteiger partial charge in [0.25, 0.3) is 0 Å². The first-order chi connectivity index (χ1) is 18.1. The number of aliphatic carboxylic acids is 1. The molecule has 0 bridgehead atoms. The molecule has 3 rings (SSSR count). The van der Waals surface area contributed by atoms with E-state index in [9.17, 15) is 23.9 Å². The number of carbonyl (C=O) groups excluding carboxylic acids is 2. The first-order valence-electron chi connectivity index (χ1n) is 12.1. The van der Waals surface area contributed by atoms with E-state index in [1.54, 1.807) is 65.8 Å². The third-order valence-corrected chi connectivity index (χ3v) is 5.17. The molecule has 11 heteroatoms. The molecular formula is C28H32FN3O7. The van der Waals surface area contributed by atoms with E-state index in [1.807, 2.05) is 0 Å². The molecule has 0 saturated heterocycles. The van der Waals surface area contributed by atoms with Gasteiger partial charge in [-0.25, -0.2) is 23.8 Å². The fourth-order valence-electron chi connectivity index (χ4n) is 3.60. The van der Waals surface area contributed by atoms with Crippen LogP contribution >= 0.6 is 0 Å². The third-order valence-electron chi connectivity index (χ3n) is 5.17. The van der Waals surface area contributed by atoms with Crippen molar-refractivity contribution < 1.29 is 38.1 Å². The Bertz CT molecular complexity index is 1370. The van der Waals surface area contributed by atoms with Crippen molar-refractivity contribution in [3.05, 3.63) is 60.0 Å². The third kappa shape index (κ3) is 7.34. The number of anilines is 2. The number of carboxylic acid groups (broad SMARTS) is 1. The molecule has 0 fully saturated rings. The number of halogens is 1. The Balaban J connectivity index is 2.03. The number of ether oxygens (including phenoxy) is 3. The molecule has 1 unspecified atom stereocenters. The van der Waals surface area contributed by atoms with E-state index in [-0.39, 0.29) is 17.1 Å². The molecule has 2 amide bonds. The van der Waals surface area contributed by atoms with Crippen molar-refractivity contribution in [2.24, 2.45) is 0 Å². The van der Waals surface area contributed by atoms with Crippen LogP contribution in [0, 0.1) is 5.82 Å². The summed E-state index contributed by atoms with van der Waals surface area (Å²) < 4.78 is 29.7.